The second-order valence-corrected chi connectivity index (χ2v) is 16.0. The first-order chi connectivity index (χ1) is 31.0. The third-order valence-electron chi connectivity index (χ3n) is 9.96. The SMILES string of the molecule is CC/C=C\C/C=C\C/C=C\C/C=C\C/C=C\CCCCCC(=O)OCC(COC(=O)CCCCCCCCC)OC(=O)CCCCC/C=C\C/C=C\C/C=C\C/C=C\C/C=C\CC. The maximum Gasteiger partial charge on any atom is 0.306 e. The smallest absolute Gasteiger partial charge is 0.306 e. The van der Waals surface area contributed by atoms with Gasteiger partial charge in [-0.2, -0.15) is 0 Å². The molecule has 0 aliphatic heterocycles. The Labute approximate surface area is 386 Å². The summed E-state index contributed by atoms with van der Waals surface area (Å²) in [6.45, 7) is 6.28. The van der Waals surface area contributed by atoms with Crippen LogP contribution in [0, 0.1) is 0 Å². The highest BCUT2D eigenvalue weighted by Crippen LogP contribution is 2.12. The molecule has 0 aromatic heterocycles. The molecule has 6 nitrogen and oxygen atoms in total. The number of unbranched alkanes of at least 4 members (excludes halogenated alkanes) is 12. The molecule has 0 spiro atoms. The topological polar surface area (TPSA) is 78.9 Å². The lowest BCUT2D eigenvalue weighted by atomic mass is 10.1. The number of hydrogen-bond donors (Lipinski definition) is 0. The molecule has 1 unspecified atom stereocenters. The lowest BCUT2D eigenvalue weighted by Gasteiger charge is -2.18. The Kier molecular flexibility index (Phi) is 47.1. The van der Waals surface area contributed by atoms with E-state index in [9.17, 15) is 14.4 Å². The van der Waals surface area contributed by atoms with Crippen molar-refractivity contribution >= 4 is 17.9 Å². The zero-order valence-corrected chi connectivity index (χ0v) is 40.3. The lowest BCUT2D eigenvalue weighted by Crippen LogP contribution is -2.30. The van der Waals surface area contributed by atoms with Crippen LogP contribution in [-0.4, -0.2) is 37.2 Å². The van der Waals surface area contributed by atoms with Crippen LogP contribution in [0.5, 0.6) is 0 Å². The number of ether oxygens (including phenoxy) is 3. The molecule has 0 N–H and O–H groups in total. The van der Waals surface area contributed by atoms with E-state index in [0.717, 1.165) is 128 Å². The van der Waals surface area contributed by atoms with Gasteiger partial charge in [0.1, 0.15) is 13.2 Å². The average molecular weight is 871 g/mol. The van der Waals surface area contributed by atoms with E-state index in [-0.39, 0.29) is 37.5 Å². The Morgan fingerprint density at radius 2 is 0.619 bits per heavy atom. The van der Waals surface area contributed by atoms with Crippen molar-refractivity contribution in [3.63, 3.8) is 0 Å². The molecule has 0 radical (unpaired) electrons. The fourth-order valence-corrected chi connectivity index (χ4v) is 6.26. The molecule has 0 aliphatic rings. The standard InChI is InChI=1S/C57H90O6/c1-4-7-10-13-16-18-20-22-24-26-28-30-32-34-36-38-41-44-47-50-56(59)62-53-54(52-61-55(58)49-46-43-40-15-12-9-6-3)63-57(60)51-48-45-42-39-37-35-33-31-29-27-25-23-21-19-17-14-11-8-5-2/h7-8,10-11,16-19,22-25,28-31,34-37,54H,4-6,9,12-15,20-21,26-27,32-33,38-53H2,1-3H3/b10-7-,11-8-,18-16-,19-17-,24-22-,25-23-,30-28-,31-29-,36-34-,37-35-. The number of carbonyl (C=O) groups is 3. The first-order valence-corrected chi connectivity index (χ1v) is 25.0. The van der Waals surface area contributed by atoms with Gasteiger partial charge >= 0.3 is 17.9 Å². The van der Waals surface area contributed by atoms with Crippen LogP contribution in [0.15, 0.2) is 122 Å². The van der Waals surface area contributed by atoms with E-state index in [1.165, 1.54) is 25.7 Å². The molecule has 0 aliphatic carbocycles. The fraction of sp³-hybridized carbons (Fsp3) is 0.596. The van der Waals surface area contributed by atoms with Crippen LogP contribution in [0.25, 0.3) is 0 Å². The van der Waals surface area contributed by atoms with E-state index in [2.05, 4.69) is 142 Å². The third kappa shape index (κ3) is 48.7. The minimum Gasteiger partial charge on any atom is -0.462 e. The molecule has 6 heteroatoms. The minimum atomic E-state index is -0.809. The van der Waals surface area contributed by atoms with E-state index in [1.807, 2.05) is 0 Å². The molecule has 0 rings (SSSR count). The maximum atomic E-state index is 12.8. The Morgan fingerprint density at radius 3 is 0.968 bits per heavy atom. The summed E-state index contributed by atoms with van der Waals surface area (Å²) in [5.41, 5.74) is 0. The lowest BCUT2D eigenvalue weighted by molar-refractivity contribution is -0.167. The predicted octanol–water partition coefficient (Wildman–Crippen LogP) is 16.5. The van der Waals surface area contributed by atoms with Crippen molar-refractivity contribution < 1.29 is 28.6 Å². The summed E-state index contributed by atoms with van der Waals surface area (Å²) in [6.07, 6.45) is 69.1. The van der Waals surface area contributed by atoms with Gasteiger partial charge in [0.05, 0.1) is 0 Å². The van der Waals surface area contributed by atoms with Gasteiger partial charge in [-0.3, -0.25) is 14.4 Å². The van der Waals surface area contributed by atoms with E-state index in [0.29, 0.717) is 19.3 Å². The molecular formula is C57H90O6. The first-order valence-electron chi connectivity index (χ1n) is 25.0. The van der Waals surface area contributed by atoms with Gasteiger partial charge in [0.2, 0.25) is 0 Å². The molecule has 0 bridgehead atoms. The number of hydrogen-bond acceptors (Lipinski definition) is 6. The van der Waals surface area contributed by atoms with Gasteiger partial charge in [-0.15, -0.1) is 0 Å². The Morgan fingerprint density at radius 1 is 0.333 bits per heavy atom. The number of esters is 3. The first kappa shape index (κ1) is 58.8. The van der Waals surface area contributed by atoms with Gasteiger partial charge in [-0.05, 0) is 109 Å². The highest BCUT2D eigenvalue weighted by atomic mass is 16.6. The van der Waals surface area contributed by atoms with Gasteiger partial charge in [0.25, 0.3) is 0 Å². The van der Waals surface area contributed by atoms with Crippen LogP contribution in [0.2, 0.25) is 0 Å². The second-order valence-electron chi connectivity index (χ2n) is 16.0. The molecule has 0 fully saturated rings. The van der Waals surface area contributed by atoms with Crippen LogP contribution in [0.4, 0.5) is 0 Å². The molecule has 0 aromatic rings. The van der Waals surface area contributed by atoms with E-state index >= 15 is 0 Å². The van der Waals surface area contributed by atoms with Gasteiger partial charge in [0, 0.05) is 19.3 Å². The van der Waals surface area contributed by atoms with Gasteiger partial charge in [-0.25, -0.2) is 0 Å². The van der Waals surface area contributed by atoms with E-state index in [1.54, 1.807) is 0 Å². The van der Waals surface area contributed by atoms with E-state index in [4.69, 9.17) is 14.2 Å². The largest absolute Gasteiger partial charge is 0.462 e. The van der Waals surface area contributed by atoms with Gasteiger partial charge in [-0.1, -0.05) is 194 Å². The zero-order chi connectivity index (χ0) is 45.8. The van der Waals surface area contributed by atoms with E-state index < -0.39 is 6.10 Å². The number of allylic oxidation sites excluding steroid dienone is 20. The third-order valence-corrected chi connectivity index (χ3v) is 9.96. The van der Waals surface area contributed by atoms with Crippen LogP contribution in [0.1, 0.15) is 201 Å². The van der Waals surface area contributed by atoms with Crippen molar-refractivity contribution in [2.24, 2.45) is 0 Å². The summed E-state index contributed by atoms with van der Waals surface area (Å²) < 4.78 is 16.7. The molecule has 0 saturated heterocycles. The second kappa shape index (κ2) is 50.5. The summed E-state index contributed by atoms with van der Waals surface area (Å²) >= 11 is 0. The van der Waals surface area contributed by atoms with Crippen LogP contribution >= 0.6 is 0 Å². The van der Waals surface area contributed by atoms with Crippen molar-refractivity contribution in [3.05, 3.63) is 122 Å². The minimum absolute atomic E-state index is 0.105. The Bertz CT molecular complexity index is 1370. The Hall–Kier alpha value is -4.19. The summed E-state index contributed by atoms with van der Waals surface area (Å²) in [7, 11) is 0. The molecule has 0 amide bonds. The highest BCUT2D eigenvalue weighted by molar-refractivity contribution is 5.71. The van der Waals surface area contributed by atoms with Crippen molar-refractivity contribution in [3.8, 4) is 0 Å². The summed E-state index contributed by atoms with van der Waals surface area (Å²) in [5.74, 6) is -0.988. The molecule has 63 heavy (non-hydrogen) atoms. The van der Waals surface area contributed by atoms with Crippen LogP contribution in [0.3, 0.4) is 0 Å². The normalized spacial score (nSPS) is 13.1. The van der Waals surface area contributed by atoms with Gasteiger partial charge < -0.3 is 14.2 Å². The maximum absolute atomic E-state index is 12.8. The fourth-order valence-electron chi connectivity index (χ4n) is 6.26. The molecule has 0 saturated carbocycles. The van der Waals surface area contributed by atoms with Crippen molar-refractivity contribution in [2.75, 3.05) is 13.2 Å². The molecule has 354 valence electrons. The number of carbonyl (C=O) groups excluding carboxylic acids is 3. The van der Waals surface area contributed by atoms with Gasteiger partial charge in [0.15, 0.2) is 6.10 Å². The molecular weight excluding hydrogens is 781 g/mol. The summed E-state index contributed by atoms with van der Waals surface area (Å²) in [6, 6.07) is 0. The van der Waals surface area contributed by atoms with Crippen molar-refractivity contribution in [2.45, 2.75) is 207 Å². The Balaban J connectivity index is 4.43. The summed E-state index contributed by atoms with van der Waals surface area (Å²) in [5, 5.41) is 0. The van der Waals surface area contributed by atoms with Crippen molar-refractivity contribution in [1.82, 2.24) is 0 Å². The van der Waals surface area contributed by atoms with Crippen molar-refractivity contribution in [1.29, 1.82) is 0 Å². The molecule has 0 heterocycles. The quantitative estimate of drug-likeness (QED) is 0.0263. The zero-order valence-electron chi connectivity index (χ0n) is 40.3. The van der Waals surface area contributed by atoms with Crippen LogP contribution in [-0.2, 0) is 28.6 Å². The predicted molar refractivity (Wildman–Crippen MR) is 269 cm³/mol. The average Bonchev–Trinajstić information content (AvgIpc) is 3.28. The summed E-state index contributed by atoms with van der Waals surface area (Å²) in [4.78, 5) is 37.8. The van der Waals surface area contributed by atoms with Crippen LogP contribution < -0.4 is 0 Å². The number of rotatable bonds is 43. The highest BCUT2D eigenvalue weighted by Gasteiger charge is 2.19. The molecule has 1 atom stereocenters. The molecule has 0 aromatic carbocycles. The monoisotopic (exact) mass is 871 g/mol.